The van der Waals surface area contributed by atoms with Crippen LogP contribution in [-0.4, -0.2) is 24.7 Å². The average Bonchev–Trinajstić information content (AvgIpc) is 3.21. The van der Waals surface area contributed by atoms with Crippen LogP contribution >= 0.6 is 22.7 Å². The average molecular weight is 313 g/mol. The van der Waals surface area contributed by atoms with Gasteiger partial charge in [0.25, 0.3) is 0 Å². The zero-order chi connectivity index (χ0) is 14.4. The molecule has 0 unspecified atom stereocenters. The van der Waals surface area contributed by atoms with Crippen molar-refractivity contribution in [3.8, 4) is 16.5 Å². The highest BCUT2D eigenvalue weighted by molar-refractivity contribution is 7.19. The second kappa shape index (κ2) is 4.71. The first-order valence-electron chi connectivity index (χ1n) is 6.40. The van der Waals surface area contributed by atoms with Crippen molar-refractivity contribution in [2.24, 2.45) is 0 Å². The van der Waals surface area contributed by atoms with Gasteiger partial charge >= 0.3 is 0 Å². The Labute approximate surface area is 129 Å². The number of rotatable bonds is 2. The van der Waals surface area contributed by atoms with Crippen LogP contribution in [0.15, 0.2) is 30.2 Å². The molecule has 21 heavy (non-hydrogen) atoms. The van der Waals surface area contributed by atoms with Gasteiger partial charge in [0.15, 0.2) is 11.6 Å². The number of thiophene rings is 2. The number of fused-ring (bicyclic) bond motifs is 1. The Morgan fingerprint density at radius 1 is 1.10 bits per heavy atom. The van der Waals surface area contributed by atoms with Crippen molar-refractivity contribution in [1.82, 2.24) is 24.7 Å². The van der Waals surface area contributed by atoms with Gasteiger partial charge < -0.3 is 0 Å². The van der Waals surface area contributed by atoms with Gasteiger partial charge in [-0.3, -0.25) is 4.57 Å². The SMILES string of the molecule is Cc1sc2nc(-c3cccs3)nc(-n3cnnc3)c2c1C. The first kappa shape index (κ1) is 12.6. The number of hydrogen-bond donors (Lipinski definition) is 0. The van der Waals surface area contributed by atoms with Crippen molar-refractivity contribution in [3.05, 3.63) is 40.6 Å². The molecule has 0 atom stereocenters. The van der Waals surface area contributed by atoms with E-state index in [2.05, 4.69) is 24.0 Å². The number of aryl methyl sites for hydroxylation is 2. The zero-order valence-corrected chi connectivity index (χ0v) is 13.1. The fourth-order valence-corrected chi connectivity index (χ4v) is 3.92. The van der Waals surface area contributed by atoms with E-state index in [9.17, 15) is 0 Å². The van der Waals surface area contributed by atoms with Gasteiger partial charge in [0.2, 0.25) is 0 Å². The van der Waals surface area contributed by atoms with Gasteiger partial charge in [-0.1, -0.05) is 6.07 Å². The van der Waals surface area contributed by atoms with E-state index in [0.717, 1.165) is 26.7 Å². The Balaban J connectivity index is 2.08. The number of hydrogen-bond acceptors (Lipinski definition) is 6. The molecule has 5 nitrogen and oxygen atoms in total. The summed E-state index contributed by atoms with van der Waals surface area (Å²) in [6.07, 6.45) is 3.35. The Morgan fingerprint density at radius 3 is 2.62 bits per heavy atom. The molecule has 0 spiro atoms. The summed E-state index contributed by atoms with van der Waals surface area (Å²) in [5.41, 5.74) is 1.22. The molecule has 0 amide bonds. The molecular formula is C14H11N5S2. The quantitative estimate of drug-likeness (QED) is 0.567. The molecule has 0 aliphatic heterocycles. The third-order valence-corrected chi connectivity index (χ3v) is 5.38. The summed E-state index contributed by atoms with van der Waals surface area (Å²) in [5, 5.41) is 10.9. The lowest BCUT2D eigenvalue weighted by Gasteiger charge is -2.06. The molecule has 7 heteroatoms. The summed E-state index contributed by atoms with van der Waals surface area (Å²) in [6, 6.07) is 4.05. The van der Waals surface area contributed by atoms with E-state index in [1.54, 1.807) is 35.3 Å². The third-order valence-electron chi connectivity index (χ3n) is 3.41. The molecule has 0 bridgehead atoms. The van der Waals surface area contributed by atoms with Crippen LogP contribution in [-0.2, 0) is 0 Å². The fourth-order valence-electron chi connectivity index (χ4n) is 2.24. The van der Waals surface area contributed by atoms with Gasteiger partial charge in [-0.25, -0.2) is 9.97 Å². The summed E-state index contributed by atoms with van der Waals surface area (Å²) in [6.45, 7) is 4.22. The lowest BCUT2D eigenvalue weighted by atomic mass is 10.2. The molecule has 104 valence electrons. The Hall–Kier alpha value is -2.12. The summed E-state index contributed by atoms with van der Waals surface area (Å²) in [5.74, 6) is 1.60. The van der Waals surface area contributed by atoms with Crippen LogP contribution in [0.1, 0.15) is 10.4 Å². The van der Waals surface area contributed by atoms with Crippen molar-refractivity contribution in [2.45, 2.75) is 13.8 Å². The van der Waals surface area contributed by atoms with Crippen LogP contribution in [0, 0.1) is 13.8 Å². The van der Waals surface area contributed by atoms with Crippen LogP contribution in [0.3, 0.4) is 0 Å². The fraction of sp³-hybridized carbons (Fsp3) is 0.143. The van der Waals surface area contributed by atoms with Gasteiger partial charge in [-0.15, -0.1) is 32.9 Å². The third kappa shape index (κ3) is 1.97. The molecule has 0 N–H and O–H groups in total. The molecule has 0 aromatic carbocycles. The molecular weight excluding hydrogens is 302 g/mol. The molecule has 4 aromatic heterocycles. The van der Waals surface area contributed by atoms with Crippen LogP contribution in [0.2, 0.25) is 0 Å². The van der Waals surface area contributed by atoms with Crippen molar-refractivity contribution >= 4 is 32.9 Å². The number of nitrogens with zero attached hydrogens (tertiary/aromatic N) is 5. The highest BCUT2D eigenvalue weighted by atomic mass is 32.1. The molecule has 4 rings (SSSR count). The summed E-state index contributed by atoms with van der Waals surface area (Å²) in [7, 11) is 0. The minimum atomic E-state index is 0.752. The monoisotopic (exact) mass is 313 g/mol. The lowest BCUT2D eigenvalue weighted by molar-refractivity contribution is 0.996. The molecule has 0 fully saturated rings. The first-order valence-corrected chi connectivity index (χ1v) is 8.10. The van der Waals surface area contributed by atoms with E-state index >= 15 is 0 Å². The molecule has 0 aliphatic rings. The highest BCUT2D eigenvalue weighted by Gasteiger charge is 2.17. The van der Waals surface area contributed by atoms with E-state index in [4.69, 9.17) is 9.97 Å². The molecule has 0 radical (unpaired) electrons. The van der Waals surface area contributed by atoms with Gasteiger partial charge in [0, 0.05) is 4.88 Å². The minimum Gasteiger partial charge on any atom is -0.271 e. The van der Waals surface area contributed by atoms with E-state index in [0.29, 0.717) is 0 Å². The van der Waals surface area contributed by atoms with Crippen LogP contribution in [0.4, 0.5) is 0 Å². The van der Waals surface area contributed by atoms with Crippen LogP contribution in [0.25, 0.3) is 26.7 Å². The lowest BCUT2D eigenvalue weighted by Crippen LogP contribution is -1.99. The Kier molecular flexibility index (Phi) is 2.83. The molecule has 0 saturated carbocycles. The predicted octanol–water partition coefficient (Wildman–Crippen LogP) is 3.62. The van der Waals surface area contributed by atoms with Crippen molar-refractivity contribution in [2.75, 3.05) is 0 Å². The van der Waals surface area contributed by atoms with Crippen LogP contribution < -0.4 is 0 Å². The van der Waals surface area contributed by atoms with Gasteiger partial charge in [0.05, 0.1) is 10.3 Å². The molecule has 4 heterocycles. The number of aromatic nitrogens is 5. The zero-order valence-electron chi connectivity index (χ0n) is 11.4. The molecule has 4 aromatic rings. The predicted molar refractivity (Wildman–Crippen MR) is 85.1 cm³/mol. The van der Waals surface area contributed by atoms with E-state index in [-0.39, 0.29) is 0 Å². The summed E-state index contributed by atoms with van der Waals surface area (Å²) >= 11 is 3.34. The normalized spacial score (nSPS) is 11.3. The Morgan fingerprint density at radius 2 is 1.90 bits per heavy atom. The van der Waals surface area contributed by atoms with Gasteiger partial charge in [0.1, 0.15) is 17.5 Å². The highest BCUT2D eigenvalue weighted by Crippen LogP contribution is 2.34. The van der Waals surface area contributed by atoms with Crippen LogP contribution in [0.5, 0.6) is 0 Å². The molecule has 0 saturated heterocycles. The Bertz CT molecular complexity index is 907. The smallest absolute Gasteiger partial charge is 0.173 e. The standard InChI is InChI=1S/C14H11N5S2/c1-8-9(2)21-14-11(8)13(19-6-15-16-7-19)17-12(18-14)10-4-3-5-20-10/h3-7H,1-2H3. The van der Waals surface area contributed by atoms with Gasteiger partial charge in [-0.05, 0) is 30.9 Å². The maximum Gasteiger partial charge on any atom is 0.173 e. The van der Waals surface area contributed by atoms with E-state index < -0.39 is 0 Å². The van der Waals surface area contributed by atoms with Crippen molar-refractivity contribution in [3.63, 3.8) is 0 Å². The topological polar surface area (TPSA) is 56.5 Å². The summed E-state index contributed by atoms with van der Waals surface area (Å²) < 4.78 is 1.85. The first-order chi connectivity index (χ1) is 10.2. The molecule has 0 aliphatic carbocycles. The largest absolute Gasteiger partial charge is 0.271 e. The van der Waals surface area contributed by atoms with Crippen molar-refractivity contribution < 1.29 is 0 Å². The van der Waals surface area contributed by atoms with Crippen molar-refractivity contribution in [1.29, 1.82) is 0 Å². The van der Waals surface area contributed by atoms with Gasteiger partial charge in [-0.2, -0.15) is 0 Å². The van der Waals surface area contributed by atoms with E-state index in [1.165, 1.54) is 10.4 Å². The second-order valence-corrected chi connectivity index (χ2v) is 6.83. The second-order valence-electron chi connectivity index (χ2n) is 4.68. The summed E-state index contributed by atoms with van der Waals surface area (Å²) in [4.78, 5) is 12.8. The maximum absolute atomic E-state index is 4.75. The van der Waals surface area contributed by atoms with E-state index in [1.807, 2.05) is 22.1 Å². The minimum absolute atomic E-state index is 0.752. The maximum atomic E-state index is 4.75.